The molecule has 8 nitrogen and oxygen atoms in total. The van der Waals surface area contributed by atoms with Gasteiger partial charge in [-0.3, -0.25) is 15.6 Å². The lowest BCUT2D eigenvalue weighted by atomic mass is 10.4. The van der Waals surface area contributed by atoms with E-state index in [2.05, 4.69) is 20.8 Å². The van der Waals surface area contributed by atoms with E-state index in [-0.39, 0.29) is 5.76 Å². The molecule has 1 amide bonds. The molecule has 4 N–H and O–H groups in total. The van der Waals surface area contributed by atoms with Crippen LogP contribution in [-0.4, -0.2) is 29.0 Å². The van der Waals surface area contributed by atoms with Gasteiger partial charge >= 0.3 is 5.91 Å². The minimum absolute atomic E-state index is 0.194. The fourth-order valence-electron chi connectivity index (χ4n) is 1.85. The topological polar surface area (TPSA) is 109 Å². The molecule has 0 bridgehead atoms. The van der Waals surface area contributed by atoms with Gasteiger partial charge in [0.25, 0.3) is 0 Å². The van der Waals surface area contributed by atoms with E-state index in [9.17, 15) is 4.79 Å². The van der Waals surface area contributed by atoms with E-state index >= 15 is 0 Å². The Bertz CT molecular complexity index is 595. The normalized spacial score (nSPS) is 10.2. The Balaban J connectivity index is 2.10. The standard InChI is InChI=1S/C13H18N6O2/c1-3-19(4-2)12-10(14)11(15-8-16-12)17-18-13(20)9-6-5-7-21-9/h5-8H,3-4,14H2,1-2H3,(H,18,20)(H,15,16,17). The lowest BCUT2D eigenvalue weighted by Gasteiger charge is -2.22. The summed E-state index contributed by atoms with van der Waals surface area (Å²) in [6, 6.07) is 3.19. The van der Waals surface area contributed by atoms with E-state index in [4.69, 9.17) is 10.2 Å². The molecule has 0 fully saturated rings. The Morgan fingerprint density at radius 2 is 2.14 bits per heavy atom. The number of hydrazine groups is 1. The molecule has 2 rings (SSSR count). The Morgan fingerprint density at radius 3 is 2.76 bits per heavy atom. The second kappa shape index (κ2) is 6.60. The molecule has 2 aromatic heterocycles. The summed E-state index contributed by atoms with van der Waals surface area (Å²) in [6.07, 6.45) is 2.82. The maximum absolute atomic E-state index is 11.8. The third-order valence-electron chi connectivity index (χ3n) is 2.97. The number of nitrogens with two attached hydrogens (primary N) is 1. The van der Waals surface area contributed by atoms with Crippen molar-refractivity contribution in [3.05, 3.63) is 30.5 Å². The first kappa shape index (κ1) is 14.6. The monoisotopic (exact) mass is 290 g/mol. The molecule has 0 aromatic carbocycles. The first-order chi connectivity index (χ1) is 10.2. The van der Waals surface area contributed by atoms with Gasteiger partial charge in [-0.15, -0.1) is 0 Å². The van der Waals surface area contributed by atoms with Crippen LogP contribution in [0.5, 0.6) is 0 Å². The third kappa shape index (κ3) is 3.22. The second-order valence-electron chi connectivity index (χ2n) is 4.19. The van der Waals surface area contributed by atoms with E-state index in [0.717, 1.165) is 13.1 Å². The predicted octanol–water partition coefficient (Wildman–Crippen LogP) is 1.25. The van der Waals surface area contributed by atoms with E-state index < -0.39 is 5.91 Å². The minimum atomic E-state index is -0.414. The van der Waals surface area contributed by atoms with Crippen LogP contribution in [0.2, 0.25) is 0 Å². The van der Waals surface area contributed by atoms with Crippen molar-refractivity contribution in [2.24, 2.45) is 0 Å². The van der Waals surface area contributed by atoms with Crippen LogP contribution in [0.1, 0.15) is 24.4 Å². The van der Waals surface area contributed by atoms with Crippen LogP contribution in [0.15, 0.2) is 29.1 Å². The number of furan rings is 1. The summed E-state index contributed by atoms with van der Waals surface area (Å²) in [5.41, 5.74) is 11.6. The fraction of sp³-hybridized carbons (Fsp3) is 0.308. The van der Waals surface area contributed by atoms with Crippen LogP contribution >= 0.6 is 0 Å². The Labute approximate surface area is 122 Å². The molecule has 0 unspecified atom stereocenters. The number of anilines is 3. The molecule has 112 valence electrons. The number of carbonyl (C=O) groups excluding carboxylic acids is 1. The highest BCUT2D eigenvalue weighted by Crippen LogP contribution is 2.25. The zero-order chi connectivity index (χ0) is 15.2. The van der Waals surface area contributed by atoms with E-state index in [1.54, 1.807) is 12.1 Å². The van der Waals surface area contributed by atoms with Crippen molar-refractivity contribution in [2.75, 3.05) is 29.1 Å². The maximum atomic E-state index is 11.8. The molecule has 0 spiro atoms. The number of nitrogens with one attached hydrogen (secondary N) is 2. The molecule has 8 heteroatoms. The average molecular weight is 290 g/mol. The van der Waals surface area contributed by atoms with Gasteiger partial charge < -0.3 is 15.1 Å². The number of hydrogen-bond donors (Lipinski definition) is 3. The summed E-state index contributed by atoms with van der Waals surface area (Å²) < 4.78 is 4.99. The van der Waals surface area contributed by atoms with Crippen molar-refractivity contribution >= 4 is 23.2 Å². The summed E-state index contributed by atoms with van der Waals surface area (Å²) in [6.45, 7) is 5.57. The SMILES string of the molecule is CCN(CC)c1ncnc(NNC(=O)c2ccco2)c1N. The quantitative estimate of drug-likeness (QED) is 0.687. The molecule has 0 aliphatic carbocycles. The van der Waals surface area contributed by atoms with Gasteiger partial charge in [0.1, 0.15) is 12.0 Å². The molecular formula is C13H18N6O2. The number of nitrogen functional groups attached to an aromatic ring is 1. The molecule has 2 heterocycles. The maximum Gasteiger partial charge on any atom is 0.305 e. The van der Waals surface area contributed by atoms with Crippen LogP contribution in [0, 0.1) is 0 Å². The van der Waals surface area contributed by atoms with Crippen LogP contribution in [0.3, 0.4) is 0 Å². The summed E-state index contributed by atoms with van der Waals surface area (Å²) in [5.74, 6) is 0.748. The van der Waals surface area contributed by atoms with E-state index in [0.29, 0.717) is 17.3 Å². The van der Waals surface area contributed by atoms with Crippen molar-refractivity contribution in [3.8, 4) is 0 Å². The highest BCUT2D eigenvalue weighted by atomic mass is 16.3. The zero-order valence-electron chi connectivity index (χ0n) is 12.0. The first-order valence-corrected chi connectivity index (χ1v) is 6.62. The van der Waals surface area contributed by atoms with Gasteiger partial charge in [-0.1, -0.05) is 0 Å². The van der Waals surface area contributed by atoms with Crippen LogP contribution in [0.4, 0.5) is 17.3 Å². The Hall–Kier alpha value is -2.77. The molecule has 0 saturated heterocycles. The molecule has 0 radical (unpaired) electrons. The highest BCUT2D eigenvalue weighted by molar-refractivity contribution is 5.92. The third-order valence-corrected chi connectivity index (χ3v) is 2.97. The molecular weight excluding hydrogens is 272 g/mol. The largest absolute Gasteiger partial charge is 0.459 e. The zero-order valence-corrected chi connectivity index (χ0v) is 12.0. The van der Waals surface area contributed by atoms with Gasteiger partial charge in [0.2, 0.25) is 0 Å². The van der Waals surface area contributed by atoms with Crippen molar-refractivity contribution < 1.29 is 9.21 Å². The second-order valence-corrected chi connectivity index (χ2v) is 4.19. The Kier molecular flexibility index (Phi) is 4.60. The van der Waals surface area contributed by atoms with Crippen LogP contribution in [-0.2, 0) is 0 Å². The van der Waals surface area contributed by atoms with Gasteiger partial charge in [-0.2, -0.15) is 0 Å². The number of amides is 1. The van der Waals surface area contributed by atoms with Crippen molar-refractivity contribution in [2.45, 2.75) is 13.8 Å². The van der Waals surface area contributed by atoms with Crippen molar-refractivity contribution in [1.29, 1.82) is 0 Å². The van der Waals surface area contributed by atoms with E-state index in [1.165, 1.54) is 12.6 Å². The van der Waals surface area contributed by atoms with Crippen LogP contribution in [0.25, 0.3) is 0 Å². The number of nitrogens with zero attached hydrogens (tertiary/aromatic N) is 3. The van der Waals surface area contributed by atoms with E-state index in [1.807, 2.05) is 18.7 Å². The van der Waals surface area contributed by atoms with Gasteiger partial charge in [0.15, 0.2) is 17.4 Å². The number of rotatable bonds is 6. The molecule has 21 heavy (non-hydrogen) atoms. The summed E-state index contributed by atoms with van der Waals surface area (Å²) in [4.78, 5) is 22.0. The molecule has 0 aliphatic heterocycles. The molecule has 0 atom stereocenters. The predicted molar refractivity (Wildman–Crippen MR) is 79.8 cm³/mol. The summed E-state index contributed by atoms with van der Waals surface area (Å²) >= 11 is 0. The number of hydrogen-bond acceptors (Lipinski definition) is 7. The molecule has 2 aromatic rings. The van der Waals surface area contributed by atoms with Crippen molar-refractivity contribution in [3.63, 3.8) is 0 Å². The van der Waals surface area contributed by atoms with Gasteiger partial charge in [-0.25, -0.2) is 9.97 Å². The highest BCUT2D eigenvalue weighted by Gasteiger charge is 2.14. The molecule has 0 aliphatic rings. The molecule has 0 saturated carbocycles. The fourth-order valence-corrected chi connectivity index (χ4v) is 1.85. The van der Waals surface area contributed by atoms with Crippen LogP contribution < -0.4 is 21.5 Å². The van der Waals surface area contributed by atoms with Gasteiger partial charge in [0, 0.05) is 13.1 Å². The van der Waals surface area contributed by atoms with Gasteiger partial charge in [0.05, 0.1) is 6.26 Å². The lowest BCUT2D eigenvalue weighted by molar-refractivity contribution is 0.0935. The number of carbonyl (C=O) groups is 1. The Morgan fingerprint density at radius 1 is 1.38 bits per heavy atom. The smallest absolute Gasteiger partial charge is 0.305 e. The lowest BCUT2D eigenvalue weighted by Crippen LogP contribution is -2.31. The van der Waals surface area contributed by atoms with Gasteiger partial charge in [-0.05, 0) is 26.0 Å². The minimum Gasteiger partial charge on any atom is -0.459 e. The average Bonchev–Trinajstić information content (AvgIpc) is 3.03. The number of aromatic nitrogens is 2. The summed E-state index contributed by atoms with van der Waals surface area (Å²) in [5, 5.41) is 0. The first-order valence-electron chi connectivity index (χ1n) is 6.62. The van der Waals surface area contributed by atoms with Crippen molar-refractivity contribution in [1.82, 2.24) is 15.4 Å². The summed E-state index contributed by atoms with van der Waals surface area (Å²) in [7, 11) is 0.